The van der Waals surface area contributed by atoms with E-state index in [-0.39, 0.29) is 0 Å². The molecule has 0 aliphatic heterocycles. The first-order valence-corrected chi connectivity index (χ1v) is 6.78. The van der Waals surface area contributed by atoms with Crippen molar-refractivity contribution in [2.75, 3.05) is 0 Å². The first-order valence-electron chi connectivity index (χ1n) is 6.78. The van der Waals surface area contributed by atoms with Gasteiger partial charge in [0.1, 0.15) is 0 Å². The van der Waals surface area contributed by atoms with Crippen molar-refractivity contribution in [2.45, 2.75) is 6.42 Å². The Balaban J connectivity index is 3.78. The number of carboxylic acid groups (broad SMARTS) is 6. The Bertz CT molecular complexity index is 583. The van der Waals surface area contributed by atoms with Gasteiger partial charge in [-0.1, -0.05) is 0 Å². The summed E-state index contributed by atoms with van der Waals surface area (Å²) >= 11 is 0. The molecule has 0 aromatic rings. The second-order valence-electron chi connectivity index (χ2n) is 5.58. The van der Waals surface area contributed by atoms with E-state index in [0.717, 1.165) is 0 Å². The summed E-state index contributed by atoms with van der Waals surface area (Å²) in [6.07, 6.45) is -1.04. The van der Waals surface area contributed by atoms with Crippen LogP contribution in [0, 0.1) is 35.5 Å². The molecule has 0 bridgehead atoms. The number of rotatable bonds is 6. The largest absolute Gasteiger partial charge is 0.481 e. The fourth-order valence-corrected chi connectivity index (χ4v) is 3.29. The molecular weight excluding hydrogens is 348 g/mol. The van der Waals surface area contributed by atoms with Crippen LogP contribution >= 0.6 is 0 Å². The van der Waals surface area contributed by atoms with Crippen LogP contribution in [0.15, 0.2) is 0 Å². The molecule has 0 heterocycles. The zero-order valence-electron chi connectivity index (χ0n) is 12.3. The predicted molar refractivity (Wildman–Crippen MR) is 71.4 cm³/mol. The third-order valence-electron chi connectivity index (χ3n) is 4.31. The lowest BCUT2D eigenvalue weighted by atomic mass is 9.72. The van der Waals surface area contributed by atoms with Crippen LogP contribution < -0.4 is 0 Å². The van der Waals surface area contributed by atoms with E-state index in [1.165, 1.54) is 0 Å². The Morgan fingerprint density at radius 3 is 0.840 bits per heavy atom. The molecule has 0 amide bonds. The minimum absolute atomic E-state index is 1.04. The Morgan fingerprint density at radius 2 is 0.680 bits per heavy atom. The quantitative estimate of drug-likeness (QED) is 0.300. The van der Waals surface area contributed by atoms with Crippen molar-refractivity contribution in [1.29, 1.82) is 0 Å². The Kier molecular flexibility index (Phi) is 5.68. The standard InChI is InChI=1S/C13H14O12/c14-8(15)2-1-3(9(16)17)5(11(20)21)7(13(24)25)6(12(22)23)4(2)10(18)19/h2-7H,1H2,(H,14,15)(H,16,17)(H,18,19)(H,20,21)(H,22,23)(H,24,25)/t2?,3?,4?,5?,6-,7+. The van der Waals surface area contributed by atoms with Crippen molar-refractivity contribution >= 4 is 35.8 Å². The van der Waals surface area contributed by atoms with Crippen LogP contribution in [0.5, 0.6) is 0 Å². The van der Waals surface area contributed by atoms with Gasteiger partial charge in [-0.3, -0.25) is 28.8 Å². The van der Waals surface area contributed by atoms with Crippen molar-refractivity contribution in [3.8, 4) is 0 Å². The number of hydrogen-bond donors (Lipinski definition) is 6. The molecule has 1 aliphatic rings. The lowest BCUT2D eigenvalue weighted by molar-refractivity contribution is -0.171. The van der Waals surface area contributed by atoms with Gasteiger partial charge in [-0.25, -0.2) is 0 Å². The van der Waals surface area contributed by atoms with Crippen LogP contribution in [-0.2, 0) is 28.8 Å². The third-order valence-corrected chi connectivity index (χ3v) is 4.31. The molecule has 6 N–H and O–H groups in total. The van der Waals surface area contributed by atoms with Gasteiger partial charge in [-0.2, -0.15) is 0 Å². The molecule has 0 aromatic heterocycles. The maximum absolute atomic E-state index is 11.5. The minimum Gasteiger partial charge on any atom is -0.481 e. The van der Waals surface area contributed by atoms with E-state index >= 15 is 0 Å². The SMILES string of the molecule is O=C(O)C1CC(C(=O)O)C(C(=O)O)[C@H](C(=O)O)[C@H](C(=O)O)C1C(=O)O. The molecule has 1 aliphatic carbocycles. The van der Waals surface area contributed by atoms with E-state index in [0.29, 0.717) is 0 Å². The summed E-state index contributed by atoms with van der Waals surface area (Å²) in [5, 5.41) is 55.4. The second-order valence-corrected chi connectivity index (χ2v) is 5.58. The highest BCUT2D eigenvalue weighted by atomic mass is 16.4. The molecule has 12 heteroatoms. The molecule has 1 rings (SSSR count). The van der Waals surface area contributed by atoms with Gasteiger partial charge < -0.3 is 30.6 Å². The average Bonchev–Trinajstić information content (AvgIpc) is 2.61. The molecule has 138 valence electrons. The lowest BCUT2D eigenvalue weighted by Crippen LogP contribution is -2.46. The number of hydrogen-bond acceptors (Lipinski definition) is 6. The Hall–Kier alpha value is -3.18. The zero-order chi connectivity index (χ0) is 19.6. The van der Waals surface area contributed by atoms with E-state index in [1.54, 1.807) is 0 Å². The van der Waals surface area contributed by atoms with Gasteiger partial charge in [0.25, 0.3) is 0 Å². The minimum atomic E-state index is -2.44. The molecule has 0 aromatic carbocycles. The van der Waals surface area contributed by atoms with Gasteiger partial charge in [0, 0.05) is 0 Å². The molecule has 0 spiro atoms. The second kappa shape index (κ2) is 7.15. The van der Waals surface area contributed by atoms with Crippen LogP contribution in [0.3, 0.4) is 0 Å². The molecular formula is C13H14O12. The van der Waals surface area contributed by atoms with Crippen LogP contribution in [-0.4, -0.2) is 66.5 Å². The maximum atomic E-state index is 11.5. The fourth-order valence-electron chi connectivity index (χ4n) is 3.29. The average molecular weight is 362 g/mol. The maximum Gasteiger partial charge on any atom is 0.308 e. The van der Waals surface area contributed by atoms with E-state index in [4.69, 9.17) is 0 Å². The summed E-state index contributed by atoms with van der Waals surface area (Å²) in [5.74, 6) is -25.4. The smallest absolute Gasteiger partial charge is 0.308 e. The lowest BCUT2D eigenvalue weighted by Gasteiger charge is -2.28. The summed E-state index contributed by atoms with van der Waals surface area (Å²) in [5.41, 5.74) is 0. The molecule has 25 heavy (non-hydrogen) atoms. The summed E-state index contributed by atoms with van der Waals surface area (Å²) in [6.45, 7) is 0. The van der Waals surface area contributed by atoms with Crippen LogP contribution in [0.25, 0.3) is 0 Å². The van der Waals surface area contributed by atoms with Crippen molar-refractivity contribution in [1.82, 2.24) is 0 Å². The normalized spacial score (nSPS) is 32.2. The van der Waals surface area contributed by atoms with Gasteiger partial charge in [0.05, 0.1) is 35.5 Å². The third kappa shape index (κ3) is 3.67. The number of carbonyl (C=O) groups is 6. The summed E-state index contributed by atoms with van der Waals surface area (Å²) < 4.78 is 0. The van der Waals surface area contributed by atoms with Crippen molar-refractivity contribution < 1.29 is 59.4 Å². The Morgan fingerprint density at radius 1 is 0.440 bits per heavy atom. The van der Waals surface area contributed by atoms with Crippen molar-refractivity contribution in [3.05, 3.63) is 0 Å². The van der Waals surface area contributed by atoms with E-state index < -0.39 is 77.7 Å². The highest BCUT2D eigenvalue weighted by molar-refractivity contribution is 5.93. The molecule has 6 atom stereocenters. The highest BCUT2D eigenvalue weighted by Gasteiger charge is 2.59. The molecule has 4 unspecified atom stereocenters. The topological polar surface area (TPSA) is 224 Å². The summed E-state index contributed by atoms with van der Waals surface area (Å²) in [4.78, 5) is 68.6. The first kappa shape index (κ1) is 19.9. The van der Waals surface area contributed by atoms with Crippen molar-refractivity contribution in [2.24, 2.45) is 35.5 Å². The van der Waals surface area contributed by atoms with Gasteiger partial charge >= 0.3 is 35.8 Å². The molecule has 0 saturated heterocycles. The van der Waals surface area contributed by atoms with Gasteiger partial charge in [0.2, 0.25) is 0 Å². The zero-order valence-corrected chi connectivity index (χ0v) is 12.3. The van der Waals surface area contributed by atoms with Gasteiger partial charge in [-0.05, 0) is 6.42 Å². The molecule has 0 radical (unpaired) electrons. The van der Waals surface area contributed by atoms with Crippen molar-refractivity contribution in [3.63, 3.8) is 0 Å². The predicted octanol–water partition coefficient (Wildman–Crippen LogP) is -1.41. The molecule has 12 nitrogen and oxygen atoms in total. The van der Waals surface area contributed by atoms with Crippen LogP contribution in [0.1, 0.15) is 6.42 Å². The van der Waals surface area contributed by atoms with Gasteiger partial charge in [-0.15, -0.1) is 0 Å². The van der Waals surface area contributed by atoms with Crippen LogP contribution in [0.2, 0.25) is 0 Å². The van der Waals surface area contributed by atoms with E-state index in [9.17, 15) is 59.4 Å². The molecule has 1 saturated carbocycles. The summed E-state index contributed by atoms with van der Waals surface area (Å²) in [6, 6.07) is 0. The highest BCUT2D eigenvalue weighted by Crippen LogP contribution is 2.44. The van der Waals surface area contributed by atoms with E-state index in [2.05, 4.69) is 0 Å². The Labute approximate surface area is 138 Å². The van der Waals surface area contributed by atoms with Gasteiger partial charge in [0.15, 0.2) is 0 Å². The molecule has 1 fully saturated rings. The van der Waals surface area contributed by atoms with E-state index in [1.807, 2.05) is 0 Å². The fraction of sp³-hybridized carbons (Fsp3) is 0.538. The number of aliphatic carboxylic acids is 6. The monoisotopic (exact) mass is 362 g/mol. The first-order chi connectivity index (χ1) is 11.4. The summed E-state index contributed by atoms with van der Waals surface area (Å²) in [7, 11) is 0. The number of carboxylic acids is 6. The van der Waals surface area contributed by atoms with Crippen LogP contribution in [0.4, 0.5) is 0 Å².